The van der Waals surface area contributed by atoms with E-state index in [0.717, 1.165) is 17.8 Å². The molecular weight excluding hydrogens is 296 g/mol. The molecule has 1 saturated carbocycles. The molecule has 0 heterocycles. The lowest BCUT2D eigenvalue weighted by Crippen LogP contribution is -2.27. The van der Waals surface area contributed by atoms with E-state index < -0.39 is 9.84 Å². The lowest BCUT2D eigenvalue weighted by molar-refractivity contribution is 0.601. The van der Waals surface area contributed by atoms with Crippen molar-refractivity contribution >= 4 is 27.1 Å². The average molecular weight is 317 g/mol. The molecule has 0 aromatic heterocycles. The molecule has 112 valence electrons. The Morgan fingerprint density at radius 1 is 1.40 bits per heavy atom. The largest absolute Gasteiger partial charge is 0.372 e. The summed E-state index contributed by atoms with van der Waals surface area (Å²) >= 11 is 6.29. The molecule has 4 nitrogen and oxygen atoms in total. The molecule has 1 aromatic carbocycles. The summed E-state index contributed by atoms with van der Waals surface area (Å²) in [6.45, 7) is 1.21. The van der Waals surface area contributed by atoms with Crippen molar-refractivity contribution in [1.29, 1.82) is 0 Å². The van der Waals surface area contributed by atoms with Gasteiger partial charge in [-0.1, -0.05) is 23.7 Å². The van der Waals surface area contributed by atoms with E-state index in [4.69, 9.17) is 11.6 Å². The standard InChI is InChI=1S/C14H21ClN2O2S/c1-17(8-9-20(2,18)19)14-11(4-3-5-13(14)15)10-16-12-6-7-12/h3-5,12,16H,6-10H2,1-2H3. The maximum atomic E-state index is 11.3. The van der Waals surface area contributed by atoms with E-state index in [1.165, 1.54) is 19.1 Å². The third-order valence-electron chi connectivity index (χ3n) is 3.41. The molecular formula is C14H21ClN2O2S. The van der Waals surface area contributed by atoms with Crippen LogP contribution in [0.15, 0.2) is 18.2 Å². The summed E-state index contributed by atoms with van der Waals surface area (Å²) in [5.41, 5.74) is 2.03. The van der Waals surface area contributed by atoms with Crippen LogP contribution >= 0.6 is 11.6 Å². The molecule has 0 spiro atoms. The van der Waals surface area contributed by atoms with E-state index in [1.54, 1.807) is 0 Å². The van der Waals surface area contributed by atoms with Gasteiger partial charge in [0, 0.05) is 32.4 Å². The van der Waals surface area contributed by atoms with E-state index in [9.17, 15) is 8.42 Å². The van der Waals surface area contributed by atoms with E-state index in [-0.39, 0.29) is 5.75 Å². The van der Waals surface area contributed by atoms with Crippen LogP contribution in [0.5, 0.6) is 0 Å². The van der Waals surface area contributed by atoms with Crippen LogP contribution in [0.25, 0.3) is 0 Å². The zero-order chi connectivity index (χ0) is 14.8. The second kappa shape index (κ2) is 6.33. The third kappa shape index (κ3) is 4.65. The summed E-state index contributed by atoms with van der Waals surface area (Å²) in [4.78, 5) is 1.92. The lowest BCUT2D eigenvalue weighted by atomic mass is 10.1. The summed E-state index contributed by atoms with van der Waals surface area (Å²) in [6.07, 6.45) is 3.72. The smallest absolute Gasteiger partial charge is 0.149 e. The predicted molar refractivity (Wildman–Crippen MR) is 84.3 cm³/mol. The first-order valence-corrected chi connectivity index (χ1v) is 9.20. The number of hydrogen-bond acceptors (Lipinski definition) is 4. The van der Waals surface area contributed by atoms with Gasteiger partial charge in [-0.15, -0.1) is 0 Å². The molecule has 1 N–H and O–H groups in total. The van der Waals surface area contributed by atoms with Crippen molar-refractivity contribution < 1.29 is 8.42 Å². The molecule has 0 atom stereocenters. The SMILES string of the molecule is CN(CCS(C)(=O)=O)c1c(Cl)cccc1CNC1CC1. The highest BCUT2D eigenvalue weighted by molar-refractivity contribution is 7.90. The Labute approximate surface area is 126 Å². The highest BCUT2D eigenvalue weighted by atomic mass is 35.5. The Hall–Kier alpha value is -0.780. The molecule has 2 rings (SSSR count). The van der Waals surface area contributed by atoms with Crippen LogP contribution < -0.4 is 10.2 Å². The van der Waals surface area contributed by atoms with Crippen molar-refractivity contribution in [2.45, 2.75) is 25.4 Å². The van der Waals surface area contributed by atoms with Crippen LogP contribution in [0.4, 0.5) is 5.69 Å². The minimum atomic E-state index is -2.97. The molecule has 0 saturated heterocycles. The van der Waals surface area contributed by atoms with Crippen LogP contribution in [0.3, 0.4) is 0 Å². The Kier molecular flexibility index (Phi) is 4.94. The van der Waals surface area contributed by atoms with Gasteiger partial charge in [0.2, 0.25) is 0 Å². The minimum absolute atomic E-state index is 0.129. The lowest BCUT2D eigenvalue weighted by Gasteiger charge is -2.23. The number of sulfone groups is 1. The van der Waals surface area contributed by atoms with Crippen LogP contribution in [0.1, 0.15) is 18.4 Å². The Balaban J connectivity index is 2.10. The van der Waals surface area contributed by atoms with Gasteiger partial charge in [0.15, 0.2) is 0 Å². The quantitative estimate of drug-likeness (QED) is 0.836. The van der Waals surface area contributed by atoms with Crippen molar-refractivity contribution in [2.75, 3.05) is 30.5 Å². The fourth-order valence-electron chi connectivity index (χ4n) is 2.09. The molecule has 6 heteroatoms. The minimum Gasteiger partial charge on any atom is -0.372 e. The Morgan fingerprint density at radius 3 is 2.70 bits per heavy atom. The van der Waals surface area contributed by atoms with Crippen LogP contribution in [-0.2, 0) is 16.4 Å². The highest BCUT2D eigenvalue weighted by Gasteiger charge is 2.21. The molecule has 0 unspecified atom stereocenters. The van der Waals surface area contributed by atoms with Gasteiger partial charge >= 0.3 is 0 Å². The number of para-hydroxylation sites is 1. The zero-order valence-electron chi connectivity index (χ0n) is 11.9. The Bertz CT molecular complexity index is 571. The summed E-state index contributed by atoms with van der Waals surface area (Å²) in [5.74, 6) is 0.129. The first-order valence-electron chi connectivity index (χ1n) is 6.76. The zero-order valence-corrected chi connectivity index (χ0v) is 13.5. The summed E-state index contributed by atoms with van der Waals surface area (Å²) in [6, 6.07) is 6.44. The van der Waals surface area contributed by atoms with Crippen molar-refractivity contribution in [2.24, 2.45) is 0 Å². The molecule has 0 aliphatic heterocycles. The van der Waals surface area contributed by atoms with Gasteiger partial charge in [0.1, 0.15) is 9.84 Å². The van der Waals surface area contributed by atoms with Gasteiger partial charge in [-0.2, -0.15) is 0 Å². The topological polar surface area (TPSA) is 49.4 Å². The Morgan fingerprint density at radius 2 is 2.10 bits per heavy atom. The van der Waals surface area contributed by atoms with E-state index >= 15 is 0 Å². The van der Waals surface area contributed by atoms with Crippen molar-refractivity contribution in [3.8, 4) is 0 Å². The maximum absolute atomic E-state index is 11.3. The third-order valence-corrected chi connectivity index (χ3v) is 4.64. The van der Waals surface area contributed by atoms with E-state index in [1.807, 2.05) is 30.1 Å². The second-order valence-corrected chi connectivity index (χ2v) is 8.12. The number of nitrogens with zero attached hydrogens (tertiary/aromatic N) is 1. The average Bonchev–Trinajstić information content (AvgIpc) is 3.16. The molecule has 1 aliphatic rings. The molecule has 1 aliphatic carbocycles. The van der Waals surface area contributed by atoms with E-state index in [0.29, 0.717) is 17.6 Å². The molecule has 0 amide bonds. The highest BCUT2D eigenvalue weighted by Crippen LogP contribution is 2.30. The first-order chi connectivity index (χ1) is 9.37. The molecule has 1 aromatic rings. The van der Waals surface area contributed by atoms with Crippen LogP contribution in [0, 0.1) is 0 Å². The van der Waals surface area contributed by atoms with E-state index in [2.05, 4.69) is 5.32 Å². The summed E-state index contributed by atoms with van der Waals surface area (Å²) in [7, 11) is -1.09. The van der Waals surface area contributed by atoms with Gasteiger partial charge in [-0.05, 0) is 24.5 Å². The van der Waals surface area contributed by atoms with Crippen LogP contribution in [-0.4, -0.2) is 40.1 Å². The molecule has 0 bridgehead atoms. The van der Waals surface area contributed by atoms with Gasteiger partial charge < -0.3 is 10.2 Å². The fraction of sp³-hybridized carbons (Fsp3) is 0.571. The van der Waals surface area contributed by atoms with Crippen molar-refractivity contribution in [1.82, 2.24) is 5.32 Å². The number of rotatable bonds is 7. The van der Waals surface area contributed by atoms with Gasteiger partial charge in [-0.3, -0.25) is 0 Å². The van der Waals surface area contributed by atoms with Crippen LogP contribution in [0.2, 0.25) is 5.02 Å². The molecule has 1 fully saturated rings. The van der Waals surface area contributed by atoms with Crippen molar-refractivity contribution in [3.63, 3.8) is 0 Å². The maximum Gasteiger partial charge on any atom is 0.149 e. The number of halogens is 1. The molecule has 0 radical (unpaired) electrons. The number of nitrogens with one attached hydrogen (secondary N) is 1. The number of benzene rings is 1. The summed E-state index contributed by atoms with van der Waals surface area (Å²) < 4.78 is 22.6. The van der Waals surface area contributed by atoms with Gasteiger partial charge in [0.05, 0.1) is 16.5 Å². The first kappa shape index (κ1) is 15.6. The summed E-state index contributed by atoms with van der Waals surface area (Å²) in [5, 5.41) is 4.13. The second-order valence-electron chi connectivity index (χ2n) is 5.45. The van der Waals surface area contributed by atoms with Crippen molar-refractivity contribution in [3.05, 3.63) is 28.8 Å². The fourth-order valence-corrected chi connectivity index (χ4v) is 3.03. The predicted octanol–water partition coefficient (Wildman–Crippen LogP) is 2.07. The number of hydrogen-bond donors (Lipinski definition) is 1. The molecule has 20 heavy (non-hydrogen) atoms. The van der Waals surface area contributed by atoms with Gasteiger partial charge in [-0.25, -0.2) is 8.42 Å². The van der Waals surface area contributed by atoms with Gasteiger partial charge in [0.25, 0.3) is 0 Å². The monoisotopic (exact) mass is 316 g/mol. The normalized spacial score (nSPS) is 15.3. The number of anilines is 1.